The van der Waals surface area contributed by atoms with Crippen LogP contribution in [0.3, 0.4) is 0 Å². The molecule has 0 bridgehead atoms. The normalized spacial score (nSPS) is 13.4. The van der Waals surface area contributed by atoms with E-state index in [0.29, 0.717) is 16.9 Å². The Hall–Kier alpha value is -3.89. The van der Waals surface area contributed by atoms with Crippen molar-refractivity contribution in [3.05, 3.63) is 78.1 Å². The van der Waals surface area contributed by atoms with Crippen LogP contribution in [0.25, 0.3) is 0 Å². The quantitative estimate of drug-likeness (QED) is 0.678. The van der Waals surface area contributed by atoms with Gasteiger partial charge >= 0.3 is 0 Å². The van der Waals surface area contributed by atoms with Crippen molar-refractivity contribution in [3.8, 4) is 6.07 Å². The first kappa shape index (κ1) is 19.4. The van der Waals surface area contributed by atoms with Gasteiger partial charge in [0.05, 0.1) is 48.1 Å². The van der Waals surface area contributed by atoms with E-state index in [1.807, 2.05) is 30.3 Å². The van der Waals surface area contributed by atoms with E-state index in [4.69, 9.17) is 10.00 Å². The molecule has 1 aromatic heterocycles. The lowest BCUT2D eigenvalue weighted by atomic mass is 10.2. The van der Waals surface area contributed by atoms with Crippen LogP contribution in [0.15, 0.2) is 66.9 Å². The van der Waals surface area contributed by atoms with E-state index in [9.17, 15) is 4.79 Å². The highest BCUT2D eigenvalue weighted by atomic mass is 16.5. The van der Waals surface area contributed by atoms with Crippen molar-refractivity contribution in [1.29, 1.82) is 5.26 Å². The molecular formula is C23H21N5O2. The number of rotatable bonds is 5. The molecule has 1 aliphatic heterocycles. The summed E-state index contributed by atoms with van der Waals surface area (Å²) < 4.78 is 5.44. The van der Waals surface area contributed by atoms with Gasteiger partial charge in [-0.25, -0.2) is 4.98 Å². The summed E-state index contributed by atoms with van der Waals surface area (Å²) in [6.45, 7) is 3.15. The number of nitrogens with zero attached hydrogens (tertiary/aromatic N) is 3. The van der Waals surface area contributed by atoms with Gasteiger partial charge in [0.2, 0.25) is 0 Å². The fourth-order valence-corrected chi connectivity index (χ4v) is 3.24. The van der Waals surface area contributed by atoms with Crippen molar-refractivity contribution in [3.63, 3.8) is 0 Å². The maximum Gasteiger partial charge on any atom is 0.274 e. The molecule has 2 N–H and O–H groups in total. The van der Waals surface area contributed by atoms with Gasteiger partial charge in [0.25, 0.3) is 5.91 Å². The molecular weight excluding hydrogens is 378 g/mol. The van der Waals surface area contributed by atoms with Crippen LogP contribution in [0.4, 0.5) is 22.7 Å². The van der Waals surface area contributed by atoms with E-state index >= 15 is 0 Å². The maximum atomic E-state index is 12.4. The van der Waals surface area contributed by atoms with E-state index in [1.54, 1.807) is 36.5 Å². The van der Waals surface area contributed by atoms with Gasteiger partial charge in [0, 0.05) is 18.8 Å². The maximum absolute atomic E-state index is 12.4. The molecule has 150 valence electrons. The first-order chi connectivity index (χ1) is 14.7. The average Bonchev–Trinajstić information content (AvgIpc) is 2.81. The first-order valence-corrected chi connectivity index (χ1v) is 9.69. The molecule has 0 aliphatic carbocycles. The molecule has 30 heavy (non-hydrogen) atoms. The number of amides is 1. The van der Waals surface area contributed by atoms with E-state index in [0.717, 1.165) is 43.4 Å². The summed E-state index contributed by atoms with van der Waals surface area (Å²) >= 11 is 0. The lowest BCUT2D eigenvalue weighted by Crippen LogP contribution is -2.36. The minimum absolute atomic E-state index is 0.306. The van der Waals surface area contributed by atoms with Crippen LogP contribution in [-0.2, 0) is 4.74 Å². The third kappa shape index (κ3) is 4.57. The van der Waals surface area contributed by atoms with Gasteiger partial charge in [-0.3, -0.25) is 4.79 Å². The number of carbonyl (C=O) groups is 1. The number of ether oxygens (including phenoxy) is 1. The summed E-state index contributed by atoms with van der Waals surface area (Å²) in [5.41, 5.74) is 4.36. The Morgan fingerprint density at radius 3 is 2.43 bits per heavy atom. The lowest BCUT2D eigenvalue weighted by molar-refractivity contribution is 0.102. The SMILES string of the molecule is N#Cc1ccc(NC(=O)c2ccc(Nc3ccccc3N3CCOCC3)cn2)cc1. The van der Waals surface area contributed by atoms with Gasteiger partial charge in [0.1, 0.15) is 5.69 Å². The molecule has 7 heteroatoms. The topological polar surface area (TPSA) is 90.3 Å². The second kappa shape index (κ2) is 9.07. The molecule has 3 aromatic rings. The fourth-order valence-electron chi connectivity index (χ4n) is 3.24. The molecule has 0 unspecified atom stereocenters. The van der Waals surface area contributed by atoms with Gasteiger partial charge in [-0.15, -0.1) is 0 Å². The third-order valence-electron chi connectivity index (χ3n) is 4.80. The van der Waals surface area contributed by atoms with Gasteiger partial charge in [-0.05, 0) is 48.5 Å². The summed E-state index contributed by atoms with van der Waals surface area (Å²) in [5, 5.41) is 15.0. The molecule has 0 spiro atoms. The standard InChI is InChI=1S/C23H21N5O2/c24-15-17-5-7-18(8-6-17)27-23(29)21-10-9-19(16-25-21)26-20-3-1-2-4-22(20)28-11-13-30-14-12-28/h1-10,16,26H,11-14H2,(H,27,29). The predicted molar refractivity (Wildman–Crippen MR) is 116 cm³/mol. The summed E-state index contributed by atoms with van der Waals surface area (Å²) in [6, 6.07) is 20.4. The number of pyridine rings is 1. The van der Waals surface area contributed by atoms with E-state index < -0.39 is 0 Å². The van der Waals surface area contributed by atoms with Crippen LogP contribution in [0, 0.1) is 11.3 Å². The summed E-state index contributed by atoms with van der Waals surface area (Å²) in [5.74, 6) is -0.306. The van der Waals surface area contributed by atoms with Gasteiger partial charge < -0.3 is 20.3 Å². The number of para-hydroxylation sites is 2. The number of benzene rings is 2. The number of morpholine rings is 1. The highest BCUT2D eigenvalue weighted by molar-refractivity contribution is 6.03. The summed E-state index contributed by atoms with van der Waals surface area (Å²) in [4.78, 5) is 19.0. The van der Waals surface area contributed by atoms with Crippen molar-refractivity contribution in [2.45, 2.75) is 0 Å². The van der Waals surface area contributed by atoms with Crippen LogP contribution < -0.4 is 15.5 Å². The van der Waals surface area contributed by atoms with Gasteiger partial charge in [0.15, 0.2) is 0 Å². The Kier molecular flexibility index (Phi) is 5.88. The molecule has 2 aromatic carbocycles. The van der Waals surface area contributed by atoms with E-state index in [2.05, 4.69) is 26.6 Å². The Labute approximate surface area is 174 Å². The molecule has 0 radical (unpaired) electrons. The average molecular weight is 399 g/mol. The molecule has 1 saturated heterocycles. The van der Waals surface area contributed by atoms with Crippen molar-refractivity contribution in [2.24, 2.45) is 0 Å². The van der Waals surface area contributed by atoms with Crippen LogP contribution in [0.5, 0.6) is 0 Å². The minimum Gasteiger partial charge on any atom is -0.378 e. The second-order valence-electron chi connectivity index (χ2n) is 6.82. The van der Waals surface area contributed by atoms with Gasteiger partial charge in [-0.1, -0.05) is 12.1 Å². The van der Waals surface area contributed by atoms with Crippen LogP contribution >= 0.6 is 0 Å². The molecule has 4 rings (SSSR count). The smallest absolute Gasteiger partial charge is 0.274 e. The van der Waals surface area contributed by atoms with Crippen LogP contribution in [0.1, 0.15) is 16.1 Å². The summed E-state index contributed by atoms with van der Waals surface area (Å²) in [6.07, 6.45) is 1.64. The lowest BCUT2D eigenvalue weighted by Gasteiger charge is -2.30. The largest absolute Gasteiger partial charge is 0.378 e. The second-order valence-corrected chi connectivity index (χ2v) is 6.82. The molecule has 0 saturated carbocycles. The Balaban J connectivity index is 1.44. The molecule has 1 fully saturated rings. The molecule has 1 amide bonds. The number of aromatic nitrogens is 1. The number of carbonyl (C=O) groups excluding carboxylic acids is 1. The highest BCUT2D eigenvalue weighted by Crippen LogP contribution is 2.29. The first-order valence-electron chi connectivity index (χ1n) is 9.69. The summed E-state index contributed by atoms with van der Waals surface area (Å²) in [7, 11) is 0. The zero-order chi connectivity index (χ0) is 20.8. The Morgan fingerprint density at radius 1 is 1.00 bits per heavy atom. The number of hydrogen-bond acceptors (Lipinski definition) is 6. The van der Waals surface area contributed by atoms with E-state index in [-0.39, 0.29) is 5.91 Å². The number of hydrogen-bond donors (Lipinski definition) is 2. The molecule has 1 aliphatic rings. The minimum atomic E-state index is -0.306. The monoisotopic (exact) mass is 399 g/mol. The molecule has 7 nitrogen and oxygen atoms in total. The predicted octanol–water partition coefficient (Wildman–Crippen LogP) is 3.79. The zero-order valence-electron chi connectivity index (χ0n) is 16.3. The third-order valence-corrected chi connectivity index (χ3v) is 4.80. The van der Waals surface area contributed by atoms with Crippen LogP contribution in [0.2, 0.25) is 0 Å². The molecule has 0 atom stereocenters. The fraction of sp³-hybridized carbons (Fsp3) is 0.174. The zero-order valence-corrected chi connectivity index (χ0v) is 16.3. The number of anilines is 4. The Bertz CT molecular complexity index is 1050. The molecule has 2 heterocycles. The van der Waals surface area contributed by atoms with Crippen molar-refractivity contribution in [2.75, 3.05) is 41.8 Å². The van der Waals surface area contributed by atoms with Crippen molar-refractivity contribution < 1.29 is 9.53 Å². The number of nitriles is 1. The highest BCUT2D eigenvalue weighted by Gasteiger charge is 2.15. The Morgan fingerprint density at radius 2 is 1.73 bits per heavy atom. The van der Waals surface area contributed by atoms with Crippen LogP contribution in [-0.4, -0.2) is 37.2 Å². The van der Waals surface area contributed by atoms with E-state index in [1.165, 1.54) is 0 Å². The van der Waals surface area contributed by atoms with Crippen molar-refractivity contribution >= 4 is 28.7 Å². The van der Waals surface area contributed by atoms with Gasteiger partial charge in [-0.2, -0.15) is 5.26 Å². The van der Waals surface area contributed by atoms with Crippen molar-refractivity contribution in [1.82, 2.24) is 4.98 Å². The number of nitrogens with one attached hydrogen (secondary N) is 2.